The van der Waals surface area contributed by atoms with Crippen molar-refractivity contribution in [3.8, 4) is 0 Å². The summed E-state index contributed by atoms with van der Waals surface area (Å²) in [5.41, 5.74) is 3.01. The summed E-state index contributed by atoms with van der Waals surface area (Å²) in [6.07, 6.45) is 1.88. The minimum absolute atomic E-state index is 0.124. The standard InChI is InChI=1S/C15H18N4OS/c1-4-7-19-13(17-18-15(19)21)9-14(20)16-12-6-5-10(2)8-11(12)3/h4-6,8H,1,7,9H2,2-3H3,(H,16,20)(H,18,21). The highest BCUT2D eigenvalue weighted by Gasteiger charge is 2.11. The van der Waals surface area contributed by atoms with E-state index in [-0.39, 0.29) is 12.3 Å². The maximum absolute atomic E-state index is 12.1. The molecule has 1 aromatic heterocycles. The molecule has 0 aliphatic carbocycles. The summed E-state index contributed by atoms with van der Waals surface area (Å²) >= 11 is 5.12. The van der Waals surface area contributed by atoms with E-state index in [1.807, 2.05) is 32.0 Å². The zero-order valence-corrected chi connectivity index (χ0v) is 13.0. The Bertz CT molecular complexity index is 730. The van der Waals surface area contributed by atoms with Gasteiger partial charge in [0.1, 0.15) is 5.82 Å². The van der Waals surface area contributed by atoms with Gasteiger partial charge in [0.25, 0.3) is 0 Å². The van der Waals surface area contributed by atoms with E-state index in [4.69, 9.17) is 12.2 Å². The van der Waals surface area contributed by atoms with Crippen LogP contribution in [-0.4, -0.2) is 20.7 Å². The quantitative estimate of drug-likeness (QED) is 0.659. The fraction of sp³-hybridized carbons (Fsp3) is 0.267. The predicted molar refractivity (Wildman–Crippen MR) is 85.9 cm³/mol. The van der Waals surface area contributed by atoms with Crippen molar-refractivity contribution in [1.82, 2.24) is 14.8 Å². The Morgan fingerprint density at radius 1 is 1.52 bits per heavy atom. The Kier molecular flexibility index (Phi) is 4.70. The summed E-state index contributed by atoms with van der Waals surface area (Å²) in [6, 6.07) is 5.91. The van der Waals surface area contributed by atoms with Gasteiger partial charge in [0.05, 0.1) is 6.42 Å². The van der Waals surface area contributed by atoms with Crippen LogP contribution in [0.3, 0.4) is 0 Å². The molecule has 2 aromatic rings. The van der Waals surface area contributed by atoms with Gasteiger partial charge in [-0.1, -0.05) is 23.8 Å². The number of nitrogens with one attached hydrogen (secondary N) is 2. The van der Waals surface area contributed by atoms with Crippen LogP contribution in [0.5, 0.6) is 0 Å². The van der Waals surface area contributed by atoms with Crippen molar-refractivity contribution in [2.45, 2.75) is 26.8 Å². The van der Waals surface area contributed by atoms with Crippen molar-refractivity contribution >= 4 is 23.8 Å². The number of nitrogens with zero attached hydrogens (tertiary/aromatic N) is 2. The first-order valence-corrected chi connectivity index (χ1v) is 7.04. The summed E-state index contributed by atoms with van der Waals surface area (Å²) in [4.78, 5) is 12.1. The third-order valence-corrected chi connectivity index (χ3v) is 3.44. The first-order chi connectivity index (χ1) is 10.0. The number of anilines is 1. The Hall–Kier alpha value is -2.21. The fourth-order valence-corrected chi connectivity index (χ4v) is 2.32. The third-order valence-electron chi connectivity index (χ3n) is 3.12. The number of hydrogen-bond donors (Lipinski definition) is 2. The molecule has 0 aliphatic rings. The van der Waals surface area contributed by atoms with Gasteiger partial charge >= 0.3 is 0 Å². The third kappa shape index (κ3) is 3.66. The van der Waals surface area contributed by atoms with Crippen LogP contribution in [-0.2, 0) is 17.8 Å². The second-order valence-electron chi connectivity index (χ2n) is 4.89. The largest absolute Gasteiger partial charge is 0.325 e. The van der Waals surface area contributed by atoms with Crippen LogP contribution in [0.2, 0.25) is 0 Å². The highest BCUT2D eigenvalue weighted by atomic mass is 32.1. The maximum atomic E-state index is 12.1. The van der Waals surface area contributed by atoms with Crippen molar-refractivity contribution in [3.05, 3.63) is 52.6 Å². The van der Waals surface area contributed by atoms with Crippen LogP contribution in [0.15, 0.2) is 30.9 Å². The van der Waals surface area contributed by atoms with Crippen LogP contribution in [0.1, 0.15) is 17.0 Å². The summed E-state index contributed by atoms with van der Waals surface area (Å²) in [7, 11) is 0. The molecule has 0 aliphatic heterocycles. The minimum atomic E-state index is -0.124. The molecule has 5 nitrogen and oxygen atoms in total. The number of allylic oxidation sites excluding steroid dienone is 1. The van der Waals surface area contributed by atoms with E-state index in [1.54, 1.807) is 10.6 Å². The number of benzene rings is 1. The predicted octanol–water partition coefficient (Wildman–Crippen LogP) is 2.92. The minimum Gasteiger partial charge on any atom is -0.325 e. The maximum Gasteiger partial charge on any atom is 0.232 e. The van der Waals surface area contributed by atoms with Crippen LogP contribution in [0, 0.1) is 18.6 Å². The molecule has 2 rings (SSSR count). The zero-order valence-electron chi connectivity index (χ0n) is 12.1. The number of aromatic nitrogens is 3. The van der Waals surface area contributed by atoms with Crippen molar-refractivity contribution in [1.29, 1.82) is 0 Å². The van der Waals surface area contributed by atoms with Gasteiger partial charge in [0, 0.05) is 12.2 Å². The Morgan fingerprint density at radius 2 is 2.29 bits per heavy atom. The van der Waals surface area contributed by atoms with Crippen LogP contribution in [0.4, 0.5) is 5.69 Å². The fourth-order valence-electron chi connectivity index (χ4n) is 2.09. The van der Waals surface area contributed by atoms with E-state index in [0.29, 0.717) is 17.1 Å². The molecule has 0 fully saturated rings. The highest BCUT2D eigenvalue weighted by Crippen LogP contribution is 2.16. The molecule has 0 bridgehead atoms. The summed E-state index contributed by atoms with van der Waals surface area (Å²) in [5.74, 6) is 0.475. The summed E-state index contributed by atoms with van der Waals surface area (Å²) in [5, 5.41) is 9.69. The highest BCUT2D eigenvalue weighted by molar-refractivity contribution is 7.71. The molecule has 1 aromatic carbocycles. The van der Waals surface area contributed by atoms with Crippen molar-refractivity contribution < 1.29 is 4.79 Å². The van der Waals surface area contributed by atoms with E-state index in [1.165, 1.54) is 0 Å². The molecule has 1 amide bonds. The number of hydrogen-bond acceptors (Lipinski definition) is 3. The Labute approximate surface area is 128 Å². The molecule has 0 saturated heterocycles. The lowest BCUT2D eigenvalue weighted by Gasteiger charge is -2.09. The van der Waals surface area contributed by atoms with Gasteiger partial charge < -0.3 is 5.32 Å². The molecule has 0 atom stereocenters. The molecule has 1 heterocycles. The topological polar surface area (TPSA) is 62.7 Å². The molecular formula is C15H18N4OS. The van der Waals surface area contributed by atoms with Crippen molar-refractivity contribution in [2.24, 2.45) is 0 Å². The number of carbonyl (C=O) groups excluding carboxylic acids is 1. The van der Waals surface area contributed by atoms with Gasteiger partial charge in [0.15, 0.2) is 4.77 Å². The SMILES string of the molecule is C=CCn1c(CC(=O)Nc2ccc(C)cc2C)n[nH]c1=S. The molecule has 2 N–H and O–H groups in total. The van der Waals surface area contributed by atoms with Crippen molar-refractivity contribution in [2.75, 3.05) is 5.32 Å². The number of rotatable bonds is 5. The van der Waals surface area contributed by atoms with E-state index >= 15 is 0 Å². The van der Waals surface area contributed by atoms with Gasteiger partial charge in [-0.05, 0) is 37.7 Å². The molecule has 0 saturated carbocycles. The summed E-state index contributed by atoms with van der Waals surface area (Å²) in [6.45, 7) is 8.19. The van der Waals surface area contributed by atoms with Gasteiger partial charge in [0.2, 0.25) is 5.91 Å². The summed E-state index contributed by atoms with van der Waals surface area (Å²) < 4.78 is 2.24. The lowest BCUT2D eigenvalue weighted by molar-refractivity contribution is -0.115. The molecule has 0 unspecified atom stereocenters. The number of H-pyrrole nitrogens is 1. The Morgan fingerprint density at radius 3 is 2.95 bits per heavy atom. The van der Waals surface area contributed by atoms with Crippen LogP contribution in [0.25, 0.3) is 0 Å². The molecular weight excluding hydrogens is 284 g/mol. The lowest BCUT2D eigenvalue weighted by Crippen LogP contribution is -2.18. The number of aromatic amines is 1. The van der Waals surface area contributed by atoms with Gasteiger partial charge in [-0.25, -0.2) is 0 Å². The molecule has 0 radical (unpaired) electrons. The first-order valence-electron chi connectivity index (χ1n) is 6.63. The van der Waals surface area contributed by atoms with Gasteiger partial charge in [-0.3, -0.25) is 14.5 Å². The second kappa shape index (κ2) is 6.49. The average molecular weight is 302 g/mol. The second-order valence-corrected chi connectivity index (χ2v) is 5.27. The van der Waals surface area contributed by atoms with E-state index in [0.717, 1.165) is 16.8 Å². The zero-order chi connectivity index (χ0) is 15.4. The van der Waals surface area contributed by atoms with Crippen molar-refractivity contribution in [3.63, 3.8) is 0 Å². The number of amides is 1. The van der Waals surface area contributed by atoms with E-state index in [2.05, 4.69) is 22.1 Å². The van der Waals surface area contributed by atoms with E-state index in [9.17, 15) is 4.79 Å². The molecule has 110 valence electrons. The van der Waals surface area contributed by atoms with Gasteiger partial charge in [-0.2, -0.15) is 5.10 Å². The first kappa shape index (κ1) is 15.2. The smallest absolute Gasteiger partial charge is 0.232 e. The average Bonchev–Trinajstić information content (AvgIpc) is 2.75. The molecule has 21 heavy (non-hydrogen) atoms. The van der Waals surface area contributed by atoms with Crippen LogP contribution >= 0.6 is 12.2 Å². The van der Waals surface area contributed by atoms with Crippen LogP contribution < -0.4 is 5.32 Å². The lowest BCUT2D eigenvalue weighted by atomic mass is 10.1. The van der Waals surface area contributed by atoms with Gasteiger partial charge in [-0.15, -0.1) is 6.58 Å². The normalized spacial score (nSPS) is 10.4. The number of aryl methyl sites for hydroxylation is 2. The number of carbonyl (C=O) groups is 1. The molecule has 6 heteroatoms. The monoisotopic (exact) mass is 302 g/mol. The van der Waals surface area contributed by atoms with E-state index < -0.39 is 0 Å². The Balaban J connectivity index is 2.12. The molecule has 0 spiro atoms.